The maximum Gasteiger partial charge on any atom is 0.356 e. The molecule has 1 aromatic rings. The largest absolute Gasteiger partial charge is 0.464 e. The Morgan fingerprint density at radius 2 is 2.29 bits per heavy atom. The van der Waals surface area contributed by atoms with Crippen molar-refractivity contribution in [3.05, 3.63) is 17.0 Å². The Balaban J connectivity index is 2.20. The Labute approximate surface area is 105 Å². The van der Waals surface area contributed by atoms with E-state index in [9.17, 15) is 4.79 Å². The van der Waals surface area contributed by atoms with Gasteiger partial charge in [-0.2, -0.15) is 0 Å². The SMILES string of the molecule is COC(=O)c1cc(N(C)CC2CC2)nc(Cl)n1. The van der Waals surface area contributed by atoms with Crippen molar-refractivity contribution in [1.29, 1.82) is 0 Å². The lowest BCUT2D eigenvalue weighted by atomic mass is 10.3. The number of hydrogen-bond donors (Lipinski definition) is 0. The van der Waals surface area contributed by atoms with Crippen molar-refractivity contribution in [3.63, 3.8) is 0 Å². The summed E-state index contributed by atoms with van der Waals surface area (Å²) in [6.07, 6.45) is 2.51. The Hall–Kier alpha value is -1.36. The van der Waals surface area contributed by atoms with E-state index in [-0.39, 0.29) is 11.0 Å². The van der Waals surface area contributed by atoms with Gasteiger partial charge in [0.2, 0.25) is 5.28 Å². The van der Waals surface area contributed by atoms with E-state index < -0.39 is 5.97 Å². The summed E-state index contributed by atoms with van der Waals surface area (Å²) in [6.45, 7) is 0.925. The highest BCUT2D eigenvalue weighted by Gasteiger charge is 2.24. The van der Waals surface area contributed by atoms with Crippen molar-refractivity contribution < 1.29 is 9.53 Å². The number of ether oxygens (including phenoxy) is 1. The molecule has 92 valence electrons. The zero-order valence-corrected chi connectivity index (χ0v) is 10.6. The van der Waals surface area contributed by atoms with Crippen molar-refractivity contribution >= 4 is 23.4 Å². The van der Waals surface area contributed by atoms with Crippen molar-refractivity contribution in [3.8, 4) is 0 Å². The highest BCUT2D eigenvalue weighted by Crippen LogP contribution is 2.30. The van der Waals surface area contributed by atoms with Crippen molar-refractivity contribution in [2.24, 2.45) is 5.92 Å². The van der Waals surface area contributed by atoms with Crippen LogP contribution in [0.3, 0.4) is 0 Å². The number of nitrogens with zero attached hydrogens (tertiary/aromatic N) is 3. The first-order chi connectivity index (χ1) is 8.10. The molecule has 1 fully saturated rings. The van der Waals surface area contributed by atoms with Crippen LogP contribution in [0, 0.1) is 5.92 Å². The second-order valence-electron chi connectivity index (χ2n) is 4.20. The van der Waals surface area contributed by atoms with Crippen molar-refractivity contribution in [2.75, 3.05) is 25.6 Å². The van der Waals surface area contributed by atoms with Crippen LogP contribution in [-0.2, 0) is 4.74 Å². The summed E-state index contributed by atoms with van der Waals surface area (Å²) in [5.74, 6) is 0.878. The van der Waals surface area contributed by atoms with Crippen molar-refractivity contribution in [2.45, 2.75) is 12.8 Å². The predicted octanol–water partition coefficient (Wildman–Crippen LogP) is 1.76. The Morgan fingerprint density at radius 1 is 1.59 bits per heavy atom. The molecule has 1 heterocycles. The average Bonchev–Trinajstić information content (AvgIpc) is 3.11. The fourth-order valence-electron chi connectivity index (χ4n) is 1.59. The molecule has 0 spiro atoms. The highest BCUT2D eigenvalue weighted by molar-refractivity contribution is 6.28. The highest BCUT2D eigenvalue weighted by atomic mass is 35.5. The number of esters is 1. The second kappa shape index (κ2) is 4.87. The van der Waals surface area contributed by atoms with Crippen molar-refractivity contribution in [1.82, 2.24) is 9.97 Å². The molecule has 0 aromatic carbocycles. The van der Waals surface area contributed by atoms with E-state index in [2.05, 4.69) is 14.7 Å². The van der Waals surface area contributed by atoms with Crippen LogP contribution in [0.2, 0.25) is 5.28 Å². The summed E-state index contributed by atoms with van der Waals surface area (Å²) in [4.78, 5) is 21.3. The molecule has 1 aliphatic rings. The van der Waals surface area contributed by atoms with Crippen LogP contribution in [-0.4, -0.2) is 36.6 Å². The molecule has 0 N–H and O–H groups in total. The molecule has 0 unspecified atom stereocenters. The minimum absolute atomic E-state index is 0.0607. The molecular formula is C11H14ClN3O2. The summed E-state index contributed by atoms with van der Waals surface area (Å²) >= 11 is 5.79. The smallest absolute Gasteiger partial charge is 0.356 e. The van der Waals surface area contributed by atoms with Gasteiger partial charge >= 0.3 is 5.97 Å². The van der Waals surface area contributed by atoms with Crippen LogP contribution in [0.15, 0.2) is 6.07 Å². The Bertz CT molecular complexity index is 435. The van der Waals surface area contributed by atoms with Crippen LogP contribution >= 0.6 is 11.6 Å². The fraction of sp³-hybridized carbons (Fsp3) is 0.545. The third-order valence-electron chi connectivity index (χ3n) is 2.70. The summed E-state index contributed by atoms with van der Waals surface area (Å²) in [6, 6.07) is 1.60. The zero-order chi connectivity index (χ0) is 12.4. The van der Waals surface area contributed by atoms with Gasteiger partial charge in [-0.25, -0.2) is 14.8 Å². The number of methoxy groups -OCH3 is 1. The number of aromatic nitrogens is 2. The first kappa shape index (κ1) is 12.1. The van der Waals surface area contributed by atoms with E-state index in [1.807, 2.05) is 11.9 Å². The quantitative estimate of drug-likeness (QED) is 0.606. The minimum Gasteiger partial charge on any atom is -0.464 e. The molecule has 6 heteroatoms. The van der Waals surface area contributed by atoms with Gasteiger partial charge in [0.1, 0.15) is 5.82 Å². The average molecular weight is 256 g/mol. The number of anilines is 1. The van der Waals surface area contributed by atoms with Gasteiger partial charge in [-0.1, -0.05) is 0 Å². The van der Waals surface area contributed by atoms with Crippen LogP contribution in [0.25, 0.3) is 0 Å². The molecule has 0 aliphatic heterocycles. The third kappa shape index (κ3) is 3.06. The molecule has 0 atom stereocenters. The van der Waals surface area contributed by atoms with Gasteiger partial charge in [0, 0.05) is 19.7 Å². The first-order valence-electron chi connectivity index (χ1n) is 5.44. The number of carbonyl (C=O) groups excluding carboxylic acids is 1. The van der Waals surface area contributed by atoms with E-state index in [1.165, 1.54) is 20.0 Å². The lowest BCUT2D eigenvalue weighted by Crippen LogP contribution is -2.22. The summed E-state index contributed by atoms with van der Waals surface area (Å²) in [5, 5.41) is 0.0607. The molecule has 1 aromatic heterocycles. The maximum absolute atomic E-state index is 11.4. The molecule has 0 amide bonds. The number of hydrogen-bond acceptors (Lipinski definition) is 5. The van der Waals surface area contributed by atoms with Crippen LogP contribution < -0.4 is 4.90 Å². The number of rotatable bonds is 4. The van der Waals surface area contributed by atoms with Gasteiger partial charge in [-0.3, -0.25) is 0 Å². The predicted molar refractivity (Wildman–Crippen MR) is 64.4 cm³/mol. The Morgan fingerprint density at radius 3 is 2.88 bits per heavy atom. The van der Waals surface area contributed by atoms with E-state index in [1.54, 1.807) is 6.07 Å². The minimum atomic E-state index is -0.504. The monoisotopic (exact) mass is 255 g/mol. The standard InChI is InChI=1S/C11H14ClN3O2/c1-15(6-7-3-4-7)9-5-8(10(16)17-2)13-11(12)14-9/h5,7H,3-4,6H2,1-2H3. The van der Waals surface area contributed by atoms with Gasteiger partial charge in [-0.15, -0.1) is 0 Å². The summed E-state index contributed by atoms with van der Waals surface area (Å²) in [7, 11) is 3.24. The summed E-state index contributed by atoms with van der Waals surface area (Å²) < 4.78 is 4.61. The molecule has 0 saturated heterocycles. The Kier molecular flexibility index (Phi) is 3.47. The number of halogens is 1. The first-order valence-corrected chi connectivity index (χ1v) is 5.82. The fourth-order valence-corrected chi connectivity index (χ4v) is 1.77. The molecule has 17 heavy (non-hydrogen) atoms. The molecular weight excluding hydrogens is 242 g/mol. The van der Waals surface area contributed by atoms with Crippen LogP contribution in [0.1, 0.15) is 23.3 Å². The van der Waals surface area contributed by atoms with E-state index in [4.69, 9.17) is 11.6 Å². The van der Waals surface area contributed by atoms with Gasteiger partial charge < -0.3 is 9.64 Å². The lowest BCUT2D eigenvalue weighted by Gasteiger charge is -2.18. The van der Waals surface area contributed by atoms with Gasteiger partial charge in [0.05, 0.1) is 7.11 Å². The van der Waals surface area contributed by atoms with Gasteiger partial charge in [0.15, 0.2) is 5.69 Å². The summed E-state index contributed by atoms with van der Waals surface area (Å²) in [5.41, 5.74) is 0.185. The van der Waals surface area contributed by atoms with E-state index >= 15 is 0 Å². The van der Waals surface area contributed by atoms with Crippen LogP contribution in [0.5, 0.6) is 0 Å². The normalized spacial score (nSPS) is 14.5. The zero-order valence-electron chi connectivity index (χ0n) is 9.81. The molecule has 0 bridgehead atoms. The second-order valence-corrected chi connectivity index (χ2v) is 4.53. The molecule has 2 rings (SSSR count). The lowest BCUT2D eigenvalue weighted by molar-refractivity contribution is 0.0594. The maximum atomic E-state index is 11.4. The van der Waals surface area contributed by atoms with Gasteiger partial charge in [0.25, 0.3) is 0 Å². The van der Waals surface area contributed by atoms with Crippen LogP contribution in [0.4, 0.5) is 5.82 Å². The van der Waals surface area contributed by atoms with E-state index in [0.29, 0.717) is 5.82 Å². The topological polar surface area (TPSA) is 55.3 Å². The van der Waals surface area contributed by atoms with Gasteiger partial charge in [-0.05, 0) is 30.4 Å². The molecule has 1 saturated carbocycles. The molecule has 0 radical (unpaired) electrons. The van der Waals surface area contributed by atoms with E-state index in [0.717, 1.165) is 12.5 Å². The molecule has 5 nitrogen and oxygen atoms in total. The number of carbonyl (C=O) groups is 1. The molecule has 1 aliphatic carbocycles. The third-order valence-corrected chi connectivity index (χ3v) is 2.87.